The molecule has 2 aromatic heterocycles. The fourth-order valence-electron chi connectivity index (χ4n) is 9.09. The molecule has 1 aliphatic carbocycles. The van der Waals surface area contributed by atoms with E-state index in [1.165, 1.54) is 30.4 Å². The molecule has 1 spiro atoms. The van der Waals surface area contributed by atoms with E-state index in [0.29, 0.717) is 40.8 Å². The maximum Gasteiger partial charge on any atom is 0.355 e. The molecule has 0 radical (unpaired) electrons. The van der Waals surface area contributed by atoms with Crippen LogP contribution >= 0.6 is 18.9 Å². The number of alkyl halides is 1. The second kappa shape index (κ2) is 17.1. The Morgan fingerprint density at radius 1 is 1.03 bits per heavy atom. The standard InChI is InChI=1S/C44H51FN5O7PS/c1-3-22-56-43(54)28(2)48-58(55,57-34-12-5-4-6-13-34)39(45)29-15-18-37-31(23-29)24-38(59-37)40(51)47-35-14-8-7-11-33-16-17-36(50(33)41(35)52)42(53)49-27-32(25-44(49)19-20-44)30-10-9-21-46-26-30/h4-6,9-10,12-13,15,18,21,23-24,26,28,32-33,35-36,39H,3,7-8,11,14,16-17,19-20,22,25,27H2,1-2H3,(H,47,51)(H,48,55)/t28-,32-,33-,35-,36-,39+,58?/m0/s1. The predicted molar refractivity (Wildman–Crippen MR) is 223 cm³/mol. The van der Waals surface area contributed by atoms with Crippen LogP contribution in [0.1, 0.15) is 111 Å². The Labute approximate surface area is 347 Å². The molecule has 15 heteroatoms. The highest BCUT2D eigenvalue weighted by atomic mass is 32.1. The van der Waals surface area contributed by atoms with Crippen LogP contribution in [0.4, 0.5) is 4.39 Å². The van der Waals surface area contributed by atoms with Gasteiger partial charge in [-0.1, -0.05) is 50.1 Å². The third kappa shape index (κ3) is 8.54. The largest absolute Gasteiger partial charge is 0.465 e. The van der Waals surface area contributed by atoms with Gasteiger partial charge in [0, 0.05) is 41.1 Å². The number of hydrogen-bond acceptors (Lipinski definition) is 9. The predicted octanol–water partition coefficient (Wildman–Crippen LogP) is 8.05. The first kappa shape index (κ1) is 41.1. The number of benzene rings is 2. The van der Waals surface area contributed by atoms with E-state index in [-0.39, 0.29) is 47.2 Å². The zero-order valence-corrected chi connectivity index (χ0v) is 35.1. The zero-order chi connectivity index (χ0) is 41.3. The van der Waals surface area contributed by atoms with E-state index in [1.807, 2.05) is 19.2 Å². The third-order valence-corrected chi connectivity index (χ3v) is 15.5. The highest BCUT2D eigenvalue weighted by molar-refractivity contribution is 7.57. The molecule has 2 aromatic carbocycles. The number of rotatable bonds is 13. The van der Waals surface area contributed by atoms with Crippen molar-refractivity contribution in [2.24, 2.45) is 0 Å². The fraction of sp³-hybridized carbons (Fsp3) is 0.477. The monoisotopic (exact) mass is 843 g/mol. The van der Waals surface area contributed by atoms with Crippen molar-refractivity contribution in [2.45, 2.75) is 120 Å². The number of para-hydroxylation sites is 1. The summed E-state index contributed by atoms with van der Waals surface area (Å²) in [7, 11) is -4.44. The van der Waals surface area contributed by atoms with E-state index in [9.17, 15) is 23.7 Å². The molecule has 2 N–H and O–H groups in total. The van der Waals surface area contributed by atoms with Crippen LogP contribution in [0.15, 0.2) is 79.1 Å². The summed E-state index contributed by atoms with van der Waals surface area (Å²) >= 11 is 1.20. The van der Waals surface area contributed by atoms with Gasteiger partial charge >= 0.3 is 13.5 Å². The Balaban J connectivity index is 0.980. The zero-order valence-electron chi connectivity index (χ0n) is 33.4. The first-order valence-electron chi connectivity index (χ1n) is 20.8. The third-order valence-electron chi connectivity index (χ3n) is 12.3. The van der Waals surface area contributed by atoms with Gasteiger partial charge in [0.1, 0.15) is 23.9 Å². The topological polar surface area (TPSA) is 147 Å². The second-order valence-corrected chi connectivity index (χ2v) is 19.6. The number of likely N-dealkylation sites (tertiary alicyclic amines) is 1. The fourth-order valence-corrected chi connectivity index (χ4v) is 11.9. The smallest absolute Gasteiger partial charge is 0.355 e. The van der Waals surface area contributed by atoms with Crippen molar-refractivity contribution in [1.29, 1.82) is 0 Å². The number of carbonyl (C=O) groups excluding carboxylic acids is 4. The summed E-state index contributed by atoms with van der Waals surface area (Å²) in [6, 6.07) is 15.9. The SMILES string of the molecule is CCCOC(=O)[C@H](C)NP(=O)(Oc1ccccc1)[C@@H](F)c1ccc2sc(C(=O)N[C@H]3CCCC[C@H]4CC[C@@H](C(=O)N5C[C@@H](c6cccnc6)CC56CC6)N4C3=O)cc2c1. The molecule has 4 aliphatic rings. The van der Waals surface area contributed by atoms with Crippen LogP contribution in [-0.4, -0.2) is 81.3 Å². The quantitative estimate of drug-likeness (QED) is 0.101. The van der Waals surface area contributed by atoms with E-state index in [4.69, 9.17) is 9.26 Å². The molecular formula is C44H51FN5O7PS. The number of carbonyl (C=O) groups is 4. The minimum Gasteiger partial charge on any atom is -0.465 e. The van der Waals surface area contributed by atoms with Gasteiger partial charge in [-0.15, -0.1) is 11.3 Å². The molecule has 3 amide bonds. The first-order chi connectivity index (χ1) is 28.5. The van der Waals surface area contributed by atoms with Gasteiger partial charge in [-0.2, -0.15) is 0 Å². The highest BCUT2D eigenvalue weighted by Gasteiger charge is 2.58. The van der Waals surface area contributed by atoms with Gasteiger partial charge in [-0.25, -0.2) is 9.48 Å². The number of amides is 3. The molecule has 5 heterocycles. The number of esters is 1. The van der Waals surface area contributed by atoms with Crippen LogP contribution in [-0.2, 0) is 23.7 Å². The summed E-state index contributed by atoms with van der Waals surface area (Å²) in [4.78, 5) is 63.9. The number of ether oxygens (including phenoxy) is 1. The van der Waals surface area contributed by atoms with Gasteiger partial charge in [-0.05, 0) is 111 Å². The van der Waals surface area contributed by atoms with Crippen LogP contribution in [0.2, 0.25) is 0 Å². The number of aromatic nitrogens is 1. The van der Waals surface area contributed by atoms with E-state index >= 15 is 4.39 Å². The van der Waals surface area contributed by atoms with Gasteiger partial charge in [0.2, 0.25) is 17.7 Å². The Hall–Kier alpha value is -4.65. The van der Waals surface area contributed by atoms with E-state index in [0.717, 1.165) is 50.5 Å². The van der Waals surface area contributed by atoms with Gasteiger partial charge in [0.25, 0.3) is 5.91 Å². The number of nitrogens with one attached hydrogen (secondary N) is 2. The van der Waals surface area contributed by atoms with E-state index in [2.05, 4.69) is 26.4 Å². The molecule has 1 unspecified atom stereocenters. The van der Waals surface area contributed by atoms with E-state index < -0.39 is 43.4 Å². The lowest BCUT2D eigenvalue weighted by molar-refractivity contribution is -0.148. The van der Waals surface area contributed by atoms with Crippen molar-refractivity contribution >= 4 is 52.6 Å². The summed E-state index contributed by atoms with van der Waals surface area (Å²) in [6.45, 7) is 4.07. The van der Waals surface area contributed by atoms with Crippen molar-refractivity contribution in [1.82, 2.24) is 25.2 Å². The van der Waals surface area contributed by atoms with Crippen molar-refractivity contribution in [3.8, 4) is 5.75 Å². The summed E-state index contributed by atoms with van der Waals surface area (Å²) in [5.74, 6) is -3.13. The summed E-state index contributed by atoms with van der Waals surface area (Å²) < 4.78 is 42.5. The highest BCUT2D eigenvalue weighted by Crippen LogP contribution is 2.58. The lowest BCUT2D eigenvalue weighted by Gasteiger charge is -2.37. The average Bonchev–Trinajstić information content (AvgIpc) is 3.53. The Bertz CT molecular complexity index is 2240. The maximum absolute atomic E-state index is 16.5. The Kier molecular flexibility index (Phi) is 11.9. The van der Waals surface area contributed by atoms with Crippen LogP contribution in [0.5, 0.6) is 5.75 Å². The van der Waals surface area contributed by atoms with Crippen LogP contribution in [0.25, 0.3) is 10.1 Å². The lowest BCUT2D eigenvalue weighted by atomic mass is 9.97. The Morgan fingerprint density at radius 3 is 2.58 bits per heavy atom. The number of halogens is 1. The minimum atomic E-state index is -4.44. The van der Waals surface area contributed by atoms with Gasteiger partial charge < -0.3 is 24.4 Å². The maximum atomic E-state index is 16.5. The molecule has 4 fully saturated rings. The number of hydrogen-bond donors (Lipinski definition) is 2. The lowest BCUT2D eigenvalue weighted by Crippen LogP contribution is -2.57. The van der Waals surface area contributed by atoms with Crippen LogP contribution in [0, 0.1) is 0 Å². The van der Waals surface area contributed by atoms with Crippen LogP contribution in [0.3, 0.4) is 0 Å². The summed E-state index contributed by atoms with van der Waals surface area (Å²) in [5.41, 5.74) is 1.02. The molecule has 12 nitrogen and oxygen atoms in total. The molecule has 3 aliphatic heterocycles. The van der Waals surface area contributed by atoms with Crippen molar-refractivity contribution < 1.29 is 37.4 Å². The molecule has 312 valence electrons. The molecule has 8 rings (SSSR count). The average molecular weight is 844 g/mol. The molecule has 3 saturated heterocycles. The minimum absolute atomic E-state index is 0.0154. The summed E-state index contributed by atoms with van der Waals surface area (Å²) in [6.07, 6.45) is 11.4. The van der Waals surface area contributed by atoms with Crippen molar-refractivity contribution in [3.63, 3.8) is 0 Å². The van der Waals surface area contributed by atoms with Gasteiger partial charge in [0.15, 0.2) is 0 Å². The number of pyridine rings is 1. The molecule has 59 heavy (non-hydrogen) atoms. The summed E-state index contributed by atoms with van der Waals surface area (Å²) in [5, 5.41) is 6.14. The van der Waals surface area contributed by atoms with Crippen molar-refractivity contribution in [3.05, 3.63) is 95.1 Å². The van der Waals surface area contributed by atoms with Gasteiger partial charge in [0.05, 0.1) is 11.5 Å². The molecular weight excluding hydrogens is 793 g/mol. The van der Waals surface area contributed by atoms with Crippen molar-refractivity contribution in [2.75, 3.05) is 13.2 Å². The molecule has 1 saturated carbocycles. The molecule has 4 aromatic rings. The second-order valence-electron chi connectivity index (χ2n) is 16.4. The molecule has 7 atom stereocenters. The van der Waals surface area contributed by atoms with Crippen LogP contribution < -0.4 is 14.9 Å². The normalized spacial score (nSPS) is 24.4. The number of fused-ring (bicyclic) bond motifs is 2. The van der Waals surface area contributed by atoms with E-state index in [1.54, 1.807) is 53.6 Å². The first-order valence-corrected chi connectivity index (χ1v) is 23.3. The number of nitrogens with zero attached hydrogens (tertiary/aromatic N) is 3. The number of thiophene rings is 1. The molecule has 0 bridgehead atoms. The Morgan fingerprint density at radius 2 is 1.83 bits per heavy atom. The van der Waals surface area contributed by atoms with Gasteiger partial charge in [-0.3, -0.25) is 28.7 Å².